The predicted octanol–water partition coefficient (Wildman–Crippen LogP) is 5.02. The van der Waals surface area contributed by atoms with E-state index >= 15 is 0 Å². The first-order valence-electron chi connectivity index (χ1n) is 7.43. The molecule has 0 saturated carbocycles. The molecule has 0 aromatic rings. The van der Waals surface area contributed by atoms with Gasteiger partial charge in [-0.2, -0.15) is 0 Å². The van der Waals surface area contributed by atoms with Gasteiger partial charge < -0.3 is 4.74 Å². The van der Waals surface area contributed by atoms with Gasteiger partial charge in [0, 0.05) is 12.2 Å². The molecule has 1 heterocycles. The van der Waals surface area contributed by atoms with Crippen LogP contribution < -0.4 is 0 Å². The lowest BCUT2D eigenvalue weighted by Crippen LogP contribution is -2.32. The smallest absolute Gasteiger partial charge is 0.246 e. The Labute approximate surface area is 117 Å². The van der Waals surface area contributed by atoms with E-state index in [1.807, 2.05) is 0 Å². The van der Waals surface area contributed by atoms with Crippen molar-refractivity contribution in [1.82, 2.24) is 0 Å². The molecule has 0 bridgehead atoms. The van der Waals surface area contributed by atoms with E-state index in [9.17, 15) is 0 Å². The second-order valence-corrected chi connectivity index (χ2v) is 6.99. The van der Waals surface area contributed by atoms with E-state index in [-0.39, 0.29) is 5.54 Å². The van der Waals surface area contributed by atoms with Gasteiger partial charge in [0.15, 0.2) is 0 Å². The van der Waals surface area contributed by atoms with Crippen LogP contribution in [0.5, 0.6) is 0 Å². The van der Waals surface area contributed by atoms with Crippen molar-refractivity contribution in [3.8, 4) is 0 Å². The maximum Gasteiger partial charge on any atom is 0.246 e. The first kappa shape index (κ1) is 15.9. The molecule has 106 valence electrons. The average molecular weight is 271 g/mol. The van der Waals surface area contributed by atoms with Crippen LogP contribution in [-0.2, 0) is 4.74 Å². The zero-order valence-corrected chi connectivity index (χ0v) is 13.3. The van der Waals surface area contributed by atoms with Crippen molar-refractivity contribution < 1.29 is 4.74 Å². The number of hydrogen-bond donors (Lipinski definition) is 0. The summed E-state index contributed by atoms with van der Waals surface area (Å²) in [5.41, 5.74) is 0.0567. The van der Waals surface area contributed by atoms with Crippen molar-refractivity contribution >= 4 is 17.0 Å². The van der Waals surface area contributed by atoms with Gasteiger partial charge in [0.1, 0.15) is 6.10 Å². The van der Waals surface area contributed by atoms with Crippen molar-refractivity contribution in [1.29, 1.82) is 0 Å². The lowest BCUT2D eigenvalue weighted by Gasteiger charge is -2.31. The van der Waals surface area contributed by atoms with Crippen LogP contribution in [0.2, 0.25) is 0 Å². The van der Waals surface area contributed by atoms with Gasteiger partial charge in [-0.25, -0.2) is 4.99 Å². The van der Waals surface area contributed by atoms with Gasteiger partial charge in [-0.1, -0.05) is 50.8 Å². The summed E-state index contributed by atoms with van der Waals surface area (Å²) >= 11 is 1.79. The molecular weight excluding hydrogens is 242 g/mol. The molecule has 0 spiro atoms. The van der Waals surface area contributed by atoms with E-state index in [4.69, 9.17) is 4.74 Å². The first-order chi connectivity index (χ1) is 8.53. The topological polar surface area (TPSA) is 21.6 Å². The summed E-state index contributed by atoms with van der Waals surface area (Å²) in [5, 5.41) is 0.910. The Bertz CT molecular complexity index is 263. The molecule has 1 rings (SSSR count). The largest absolute Gasteiger partial charge is 0.470 e. The second-order valence-electron chi connectivity index (χ2n) is 5.94. The molecule has 0 saturated heterocycles. The monoisotopic (exact) mass is 271 g/mol. The van der Waals surface area contributed by atoms with Crippen LogP contribution in [0, 0.1) is 0 Å². The highest BCUT2D eigenvalue weighted by molar-refractivity contribution is 8.13. The van der Waals surface area contributed by atoms with E-state index in [0.717, 1.165) is 17.4 Å². The summed E-state index contributed by atoms with van der Waals surface area (Å²) < 4.78 is 5.78. The van der Waals surface area contributed by atoms with Crippen molar-refractivity contribution in [3.05, 3.63) is 0 Å². The highest BCUT2D eigenvalue weighted by atomic mass is 32.2. The van der Waals surface area contributed by atoms with Crippen LogP contribution in [0.1, 0.15) is 72.6 Å². The lowest BCUT2D eigenvalue weighted by molar-refractivity contribution is 0.152. The number of rotatable bonds is 7. The first-order valence-corrected chi connectivity index (χ1v) is 8.41. The van der Waals surface area contributed by atoms with Crippen LogP contribution in [0.3, 0.4) is 0 Å². The van der Waals surface area contributed by atoms with E-state index in [1.54, 1.807) is 11.8 Å². The maximum atomic E-state index is 5.78. The summed E-state index contributed by atoms with van der Waals surface area (Å²) in [5.74, 6) is 1.15. The van der Waals surface area contributed by atoms with Gasteiger partial charge in [0.2, 0.25) is 5.23 Å². The fourth-order valence-corrected chi connectivity index (χ4v) is 3.41. The lowest BCUT2D eigenvalue weighted by atomic mass is 9.98. The van der Waals surface area contributed by atoms with Crippen LogP contribution in [0.25, 0.3) is 0 Å². The summed E-state index contributed by atoms with van der Waals surface area (Å²) in [6.45, 7) is 8.79. The Morgan fingerprint density at radius 1 is 1.22 bits per heavy atom. The van der Waals surface area contributed by atoms with Crippen molar-refractivity contribution in [2.24, 2.45) is 4.99 Å². The zero-order valence-electron chi connectivity index (χ0n) is 12.5. The third-order valence-electron chi connectivity index (χ3n) is 3.21. The Morgan fingerprint density at radius 2 is 1.89 bits per heavy atom. The molecule has 0 N–H and O–H groups in total. The number of unbranched alkanes of at least 4 members (excludes halogenated alkanes) is 5. The molecule has 2 nitrogen and oxygen atoms in total. The van der Waals surface area contributed by atoms with Gasteiger partial charge in [0.25, 0.3) is 0 Å². The minimum Gasteiger partial charge on any atom is -0.470 e. The number of thioether (sulfide) groups is 1. The summed E-state index contributed by atoms with van der Waals surface area (Å²) in [4.78, 5) is 4.67. The highest BCUT2D eigenvalue weighted by Gasteiger charge is 2.27. The molecule has 3 heteroatoms. The number of nitrogens with zero attached hydrogens (tertiary/aromatic N) is 1. The molecule has 0 aliphatic carbocycles. The third-order valence-corrected chi connectivity index (χ3v) is 4.13. The van der Waals surface area contributed by atoms with Gasteiger partial charge >= 0.3 is 0 Å². The minimum absolute atomic E-state index is 0.0567. The van der Waals surface area contributed by atoms with E-state index in [2.05, 4.69) is 32.7 Å². The fraction of sp³-hybridized carbons (Fsp3) is 0.933. The van der Waals surface area contributed by atoms with Crippen molar-refractivity contribution in [2.45, 2.75) is 84.3 Å². The molecule has 0 unspecified atom stereocenters. The second kappa shape index (κ2) is 8.08. The molecule has 1 aliphatic heterocycles. The molecule has 0 amide bonds. The van der Waals surface area contributed by atoms with Gasteiger partial charge in [-0.15, -0.1) is 0 Å². The quantitative estimate of drug-likeness (QED) is 0.606. The summed E-state index contributed by atoms with van der Waals surface area (Å²) in [6, 6.07) is 0. The third kappa shape index (κ3) is 6.67. The predicted molar refractivity (Wildman–Crippen MR) is 82.5 cm³/mol. The Kier molecular flexibility index (Phi) is 7.13. The molecule has 0 aromatic heterocycles. The summed E-state index contributed by atoms with van der Waals surface area (Å²) in [7, 11) is 0. The van der Waals surface area contributed by atoms with Crippen LogP contribution in [-0.4, -0.2) is 22.6 Å². The van der Waals surface area contributed by atoms with Crippen LogP contribution in [0.4, 0.5) is 0 Å². The highest BCUT2D eigenvalue weighted by Crippen LogP contribution is 2.27. The molecule has 0 fully saturated rings. The zero-order chi connectivity index (χ0) is 13.4. The molecule has 1 aliphatic rings. The SMILES string of the molecule is CCCCCCCCSC1=NC(C)(C)C[C@H](C)O1. The van der Waals surface area contributed by atoms with Crippen LogP contribution >= 0.6 is 11.8 Å². The Hall–Kier alpha value is -0.180. The van der Waals surface area contributed by atoms with E-state index in [0.29, 0.717) is 6.10 Å². The Balaban J connectivity index is 2.13. The minimum atomic E-state index is 0.0567. The number of ether oxygens (including phenoxy) is 1. The normalized spacial score (nSPS) is 22.4. The average Bonchev–Trinajstić information content (AvgIpc) is 2.25. The molecule has 1 atom stereocenters. The van der Waals surface area contributed by atoms with E-state index < -0.39 is 0 Å². The standard InChI is InChI=1S/C15H29NOS/c1-5-6-7-8-9-10-11-18-14-16-15(3,4)12-13(2)17-14/h13H,5-12H2,1-4H3/t13-/m0/s1. The number of hydrogen-bond acceptors (Lipinski definition) is 3. The van der Waals surface area contributed by atoms with Crippen molar-refractivity contribution in [3.63, 3.8) is 0 Å². The molecule has 0 aromatic carbocycles. The fourth-order valence-electron chi connectivity index (χ4n) is 2.34. The van der Waals surface area contributed by atoms with Crippen molar-refractivity contribution in [2.75, 3.05) is 5.75 Å². The molecule has 18 heavy (non-hydrogen) atoms. The molecular formula is C15H29NOS. The number of aliphatic imine (C=N–C) groups is 1. The summed E-state index contributed by atoms with van der Waals surface area (Å²) in [6.07, 6.45) is 9.44. The van der Waals surface area contributed by atoms with Gasteiger partial charge in [-0.3, -0.25) is 0 Å². The molecule has 0 radical (unpaired) electrons. The van der Waals surface area contributed by atoms with E-state index in [1.165, 1.54) is 38.5 Å². The Morgan fingerprint density at radius 3 is 2.56 bits per heavy atom. The van der Waals surface area contributed by atoms with Gasteiger partial charge in [0.05, 0.1) is 5.54 Å². The van der Waals surface area contributed by atoms with Crippen LogP contribution in [0.15, 0.2) is 4.99 Å². The maximum absolute atomic E-state index is 5.78. The van der Waals surface area contributed by atoms with Gasteiger partial charge in [-0.05, 0) is 27.2 Å².